The average Bonchev–Trinajstić information content (AvgIpc) is 3.08. The Morgan fingerprint density at radius 2 is 1.87 bits per heavy atom. The SMILES string of the molecule is COc1ccccc1N(CCc1c(C)[nH]c2c(F)ccc(C)c12)c1cc(N)nc(C)n1. The number of hydrogen-bond donors (Lipinski definition) is 2. The predicted octanol–water partition coefficient (Wildman–Crippen LogP) is 4.99. The smallest absolute Gasteiger partial charge is 0.147 e. The molecule has 0 unspecified atom stereocenters. The van der Waals surface area contributed by atoms with E-state index in [1.165, 1.54) is 6.07 Å². The van der Waals surface area contributed by atoms with E-state index in [0.717, 1.165) is 33.6 Å². The lowest BCUT2D eigenvalue weighted by Gasteiger charge is -2.26. The number of aromatic nitrogens is 3. The number of nitrogen functional groups attached to an aromatic ring is 1. The summed E-state index contributed by atoms with van der Waals surface area (Å²) in [6.07, 6.45) is 0.678. The Morgan fingerprint density at radius 1 is 1.10 bits per heavy atom. The maximum Gasteiger partial charge on any atom is 0.147 e. The van der Waals surface area contributed by atoms with Crippen molar-refractivity contribution >= 4 is 28.2 Å². The van der Waals surface area contributed by atoms with Crippen LogP contribution >= 0.6 is 0 Å². The third kappa shape index (κ3) is 3.91. The zero-order valence-electron chi connectivity index (χ0n) is 18.2. The Balaban J connectivity index is 1.79. The topological polar surface area (TPSA) is 80.1 Å². The predicted molar refractivity (Wildman–Crippen MR) is 123 cm³/mol. The molecule has 0 fully saturated rings. The van der Waals surface area contributed by atoms with Crippen molar-refractivity contribution in [3.05, 3.63) is 70.9 Å². The monoisotopic (exact) mass is 419 g/mol. The molecule has 2 heterocycles. The number of fused-ring (bicyclic) bond motifs is 1. The molecule has 2 aromatic carbocycles. The first-order chi connectivity index (χ1) is 14.9. The lowest BCUT2D eigenvalue weighted by molar-refractivity contribution is 0.415. The van der Waals surface area contributed by atoms with Gasteiger partial charge < -0.3 is 20.4 Å². The largest absolute Gasteiger partial charge is 0.495 e. The number of benzene rings is 2. The van der Waals surface area contributed by atoms with Gasteiger partial charge in [-0.2, -0.15) is 0 Å². The maximum atomic E-state index is 14.4. The molecule has 0 spiro atoms. The van der Waals surface area contributed by atoms with Gasteiger partial charge in [0.05, 0.1) is 18.3 Å². The van der Waals surface area contributed by atoms with E-state index in [1.807, 2.05) is 51.1 Å². The molecule has 160 valence electrons. The number of nitrogens with two attached hydrogens (primary N) is 1. The first-order valence-corrected chi connectivity index (χ1v) is 10.2. The molecule has 2 aromatic heterocycles. The average molecular weight is 420 g/mol. The van der Waals surface area contributed by atoms with E-state index in [9.17, 15) is 4.39 Å². The Labute approximate surface area is 180 Å². The van der Waals surface area contributed by atoms with Crippen LogP contribution in [0.3, 0.4) is 0 Å². The summed E-state index contributed by atoms with van der Waals surface area (Å²) in [5.41, 5.74) is 10.5. The third-order valence-electron chi connectivity index (χ3n) is 5.51. The van der Waals surface area contributed by atoms with Crippen LogP contribution in [0.5, 0.6) is 5.75 Å². The number of rotatable bonds is 6. The molecule has 6 nitrogen and oxygen atoms in total. The van der Waals surface area contributed by atoms with Crippen LogP contribution in [-0.4, -0.2) is 28.6 Å². The van der Waals surface area contributed by atoms with Gasteiger partial charge in [0.2, 0.25) is 0 Å². The summed E-state index contributed by atoms with van der Waals surface area (Å²) < 4.78 is 20.0. The lowest BCUT2D eigenvalue weighted by atomic mass is 10.0. The summed E-state index contributed by atoms with van der Waals surface area (Å²) in [4.78, 5) is 14.1. The molecule has 0 aliphatic heterocycles. The minimum Gasteiger partial charge on any atom is -0.495 e. The molecule has 0 amide bonds. The Kier molecular flexibility index (Phi) is 5.50. The summed E-state index contributed by atoms with van der Waals surface area (Å²) in [7, 11) is 1.65. The zero-order chi connectivity index (χ0) is 22.1. The highest BCUT2D eigenvalue weighted by molar-refractivity contribution is 5.88. The van der Waals surface area contributed by atoms with Crippen LogP contribution in [0.4, 0.5) is 21.7 Å². The van der Waals surface area contributed by atoms with Crippen molar-refractivity contribution in [2.24, 2.45) is 0 Å². The number of nitrogens with one attached hydrogen (secondary N) is 1. The van der Waals surface area contributed by atoms with Gasteiger partial charge in [0.25, 0.3) is 0 Å². The van der Waals surface area contributed by atoms with Gasteiger partial charge >= 0.3 is 0 Å². The molecular weight excluding hydrogens is 393 g/mol. The number of methoxy groups -OCH3 is 1. The second kappa shape index (κ2) is 8.26. The standard InChI is InChI=1S/C24H26FN5O/c1-14-9-10-18(25)24-23(14)17(15(2)27-24)11-12-30(19-7-5-6-8-20(19)31-4)22-13-21(26)28-16(3)29-22/h5-10,13,27H,11-12H2,1-4H3,(H2,26,28,29). The van der Waals surface area contributed by atoms with E-state index >= 15 is 0 Å². The van der Waals surface area contributed by atoms with Gasteiger partial charge in [-0.1, -0.05) is 18.2 Å². The van der Waals surface area contributed by atoms with E-state index in [2.05, 4.69) is 19.9 Å². The van der Waals surface area contributed by atoms with Gasteiger partial charge in [-0.25, -0.2) is 14.4 Å². The Morgan fingerprint density at radius 3 is 2.61 bits per heavy atom. The molecule has 0 aliphatic rings. The van der Waals surface area contributed by atoms with Crippen LogP contribution in [-0.2, 0) is 6.42 Å². The number of H-pyrrole nitrogens is 1. The molecule has 0 aliphatic carbocycles. The number of aromatic amines is 1. The summed E-state index contributed by atoms with van der Waals surface area (Å²) in [5, 5.41) is 0.941. The fourth-order valence-electron chi connectivity index (χ4n) is 4.10. The molecule has 7 heteroatoms. The van der Waals surface area contributed by atoms with E-state index in [-0.39, 0.29) is 5.82 Å². The lowest BCUT2D eigenvalue weighted by Crippen LogP contribution is -2.23. The number of hydrogen-bond acceptors (Lipinski definition) is 5. The number of nitrogens with zero attached hydrogens (tertiary/aromatic N) is 3. The first kappa shape index (κ1) is 20.7. The number of para-hydroxylation sites is 2. The van der Waals surface area contributed by atoms with Gasteiger partial charge in [-0.15, -0.1) is 0 Å². The highest BCUT2D eigenvalue weighted by atomic mass is 19.1. The molecule has 0 saturated heterocycles. The van der Waals surface area contributed by atoms with Crippen molar-refractivity contribution in [1.29, 1.82) is 0 Å². The van der Waals surface area contributed by atoms with Crippen LogP contribution < -0.4 is 15.4 Å². The molecule has 4 aromatic rings. The summed E-state index contributed by atoms with van der Waals surface area (Å²) >= 11 is 0. The molecule has 0 bridgehead atoms. The normalized spacial score (nSPS) is 11.1. The number of halogens is 1. The maximum absolute atomic E-state index is 14.4. The van der Waals surface area contributed by atoms with E-state index < -0.39 is 0 Å². The van der Waals surface area contributed by atoms with E-state index in [1.54, 1.807) is 13.2 Å². The summed E-state index contributed by atoms with van der Waals surface area (Å²) in [6, 6.07) is 12.9. The van der Waals surface area contributed by atoms with Crippen molar-refractivity contribution in [3.63, 3.8) is 0 Å². The molecule has 31 heavy (non-hydrogen) atoms. The number of aryl methyl sites for hydroxylation is 3. The van der Waals surface area contributed by atoms with Crippen LogP contribution in [0.15, 0.2) is 42.5 Å². The summed E-state index contributed by atoms with van der Waals surface area (Å²) in [6.45, 7) is 6.40. The van der Waals surface area contributed by atoms with Crippen molar-refractivity contribution in [2.75, 3.05) is 24.3 Å². The highest BCUT2D eigenvalue weighted by Gasteiger charge is 2.19. The second-order valence-electron chi connectivity index (χ2n) is 7.61. The van der Waals surface area contributed by atoms with Crippen LogP contribution in [0.2, 0.25) is 0 Å². The van der Waals surface area contributed by atoms with Gasteiger partial charge in [0, 0.05) is 23.7 Å². The minimum atomic E-state index is -0.240. The van der Waals surface area contributed by atoms with Crippen molar-refractivity contribution < 1.29 is 9.13 Å². The Bertz CT molecular complexity index is 1230. The first-order valence-electron chi connectivity index (χ1n) is 10.2. The van der Waals surface area contributed by atoms with Crippen molar-refractivity contribution in [2.45, 2.75) is 27.2 Å². The summed E-state index contributed by atoms with van der Waals surface area (Å²) in [5.74, 6) is 2.18. The number of anilines is 3. The van der Waals surface area contributed by atoms with E-state index in [4.69, 9.17) is 10.5 Å². The minimum absolute atomic E-state index is 0.240. The third-order valence-corrected chi connectivity index (χ3v) is 5.51. The van der Waals surface area contributed by atoms with Gasteiger partial charge in [0.1, 0.15) is 29.0 Å². The Hall–Kier alpha value is -3.61. The fraction of sp³-hybridized carbons (Fsp3) is 0.250. The highest BCUT2D eigenvalue weighted by Crippen LogP contribution is 2.34. The van der Waals surface area contributed by atoms with Crippen molar-refractivity contribution in [3.8, 4) is 5.75 Å². The molecule has 0 saturated carbocycles. The molecule has 4 rings (SSSR count). The number of ether oxygens (including phenoxy) is 1. The molecule has 0 atom stereocenters. The van der Waals surface area contributed by atoms with Gasteiger partial charge in [0.15, 0.2) is 0 Å². The van der Waals surface area contributed by atoms with E-state index in [0.29, 0.717) is 35.9 Å². The van der Waals surface area contributed by atoms with Crippen LogP contribution in [0.25, 0.3) is 10.9 Å². The van der Waals surface area contributed by atoms with Gasteiger partial charge in [-0.05, 0) is 56.5 Å². The fourth-order valence-corrected chi connectivity index (χ4v) is 4.10. The van der Waals surface area contributed by atoms with Gasteiger partial charge in [-0.3, -0.25) is 0 Å². The van der Waals surface area contributed by atoms with Crippen LogP contribution in [0, 0.1) is 26.6 Å². The molecule has 0 radical (unpaired) electrons. The quantitative estimate of drug-likeness (QED) is 0.460. The molecule has 3 N–H and O–H groups in total. The second-order valence-corrected chi connectivity index (χ2v) is 7.61. The zero-order valence-corrected chi connectivity index (χ0v) is 18.2. The van der Waals surface area contributed by atoms with Crippen molar-refractivity contribution in [1.82, 2.24) is 15.0 Å². The molecular formula is C24H26FN5O. The van der Waals surface area contributed by atoms with Crippen LogP contribution in [0.1, 0.15) is 22.6 Å².